The highest BCUT2D eigenvalue weighted by Crippen LogP contribution is 2.26. The van der Waals surface area contributed by atoms with Crippen LogP contribution in [0.4, 0.5) is 10.2 Å². The molecule has 0 saturated heterocycles. The molecule has 1 heterocycles. The molecule has 0 radical (unpaired) electrons. The minimum Gasteiger partial charge on any atom is -0.393 e. The number of aliphatic hydroxyl groups is 1. The smallest absolute Gasteiger partial charge is 0.186 e. The van der Waals surface area contributed by atoms with Crippen molar-refractivity contribution in [1.29, 1.82) is 0 Å². The van der Waals surface area contributed by atoms with Crippen LogP contribution in [0.5, 0.6) is 0 Å². The Bertz CT molecular complexity index is 386. The van der Waals surface area contributed by atoms with Gasteiger partial charge in [-0.25, -0.2) is 14.4 Å². The van der Waals surface area contributed by atoms with Crippen LogP contribution in [0, 0.1) is 11.7 Å². The van der Waals surface area contributed by atoms with Gasteiger partial charge in [0.15, 0.2) is 11.6 Å². The predicted octanol–water partition coefficient (Wildman–Crippen LogP) is 1.75. The Morgan fingerprint density at radius 1 is 1.47 bits per heavy atom. The fourth-order valence-electron chi connectivity index (χ4n) is 2.26. The first-order valence-electron chi connectivity index (χ1n) is 6.13. The normalized spacial score (nSPS) is 23.9. The number of hydrogen-bond donors (Lipinski definition) is 2. The summed E-state index contributed by atoms with van der Waals surface area (Å²) in [6.07, 6.45) is 4.53. The van der Waals surface area contributed by atoms with E-state index in [4.69, 9.17) is 0 Å². The Morgan fingerprint density at radius 2 is 2.29 bits per heavy atom. The molecule has 1 aromatic heterocycles. The molecule has 1 saturated carbocycles. The maximum Gasteiger partial charge on any atom is 0.186 e. The van der Waals surface area contributed by atoms with Crippen molar-refractivity contribution in [3.63, 3.8) is 0 Å². The van der Waals surface area contributed by atoms with Crippen LogP contribution in [0.1, 0.15) is 31.9 Å². The molecule has 17 heavy (non-hydrogen) atoms. The third kappa shape index (κ3) is 2.72. The van der Waals surface area contributed by atoms with Crippen LogP contribution < -0.4 is 5.32 Å². The molecule has 4 nitrogen and oxygen atoms in total. The maximum atomic E-state index is 13.8. The van der Waals surface area contributed by atoms with Crippen molar-refractivity contribution in [3.8, 4) is 0 Å². The summed E-state index contributed by atoms with van der Waals surface area (Å²) >= 11 is 0. The Labute approximate surface area is 100 Å². The third-order valence-electron chi connectivity index (χ3n) is 3.35. The molecule has 94 valence electrons. The zero-order chi connectivity index (χ0) is 12.3. The fourth-order valence-corrected chi connectivity index (χ4v) is 2.26. The highest BCUT2D eigenvalue weighted by molar-refractivity contribution is 5.37. The predicted molar refractivity (Wildman–Crippen MR) is 63.2 cm³/mol. The van der Waals surface area contributed by atoms with Crippen molar-refractivity contribution in [2.24, 2.45) is 5.92 Å². The van der Waals surface area contributed by atoms with Crippen molar-refractivity contribution >= 4 is 5.82 Å². The molecule has 0 bridgehead atoms. The van der Waals surface area contributed by atoms with E-state index in [-0.39, 0.29) is 23.7 Å². The van der Waals surface area contributed by atoms with Gasteiger partial charge in [-0.2, -0.15) is 0 Å². The zero-order valence-electron chi connectivity index (χ0n) is 9.99. The molecule has 1 aromatic rings. The molecule has 2 N–H and O–H groups in total. The lowest BCUT2D eigenvalue weighted by Crippen LogP contribution is -2.23. The molecular weight excluding hydrogens is 221 g/mol. The lowest BCUT2D eigenvalue weighted by molar-refractivity contribution is 0.138. The summed E-state index contributed by atoms with van der Waals surface area (Å²) in [5.41, 5.74) is 0.425. The molecule has 0 aliphatic heterocycles. The summed E-state index contributed by atoms with van der Waals surface area (Å²) in [5, 5.41) is 12.6. The monoisotopic (exact) mass is 239 g/mol. The Hall–Kier alpha value is -1.23. The zero-order valence-corrected chi connectivity index (χ0v) is 9.99. The minimum atomic E-state index is -0.373. The maximum absolute atomic E-state index is 13.8. The topological polar surface area (TPSA) is 58.0 Å². The third-order valence-corrected chi connectivity index (χ3v) is 3.35. The van der Waals surface area contributed by atoms with E-state index in [1.807, 2.05) is 6.92 Å². The van der Waals surface area contributed by atoms with Crippen LogP contribution >= 0.6 is 0 Å². The van der Waals surface area contributed by atoms with Crippen molar-refractivity contribution in [2.75, 3.05) is 11.9 Å². The summed E-state index contributed by atoms with van der Waals surface area (Å²) in [6, 6.07) is 0. The molecular formula is C12H18FN3O. The molecule has 2 atom stereocenters. The Balaban J connectivity index is 1.99. The van der Waals surface area contributed by atoms with Crippen LogP contribution in [-0.2, 0) is 6.42 Å². The van der Waals surface area contributed by atoms with Crippen molar-refractivity contribution in [1.82, 2.24) is 9.97 Å². The van der Waals surface area contributed by atoms with Gasteiger partial charge in [0.25, 0.3) is 0 Å². The van der Waals surface area contributed by atoms with Crippen LogP contribution in [-0.4, -0.2) is 27.7 Å². The number of anilines is 1. The molecule has 2 rings (SSSR count). The van der Waals surface area contributed by atoms with Gasteiger partial charge in [-0.3, -0.25) is 0 Å². The van der Waals surface area contributed by atoms with Crippen molar-refractivity contribution in [2.45, 2.75) is 38.7 Å². The number of rotatable bonds is 4. The molecule has 1 fully saturated rings. The van der Waals surface area contributed by atoms with Gasteiger partial charge < -0.3 is 10.4 Å². The van der Waals surface area contributed by atoms with Gasteiger partial charge in [-0.1, -0.05) is 13.3 Å². The number of hydrogen-bond acceptors (Lipinski definition) is 4. The van der Waals surface area contributed by atoms with Crippen LogP contribution in [0.3, 0.4) is 0 Å². The van der Waals surface area contributed by atoms with E-state index >= 15 is 0 Å². The number of nitrogens with zero attached hydrogens (tertiary/aromatic N) is 2. The summed E-state index contributed by atoms with van der Waals surface area (Å²) in [7, 11) is 0. The summed E-state index contributed by atoms with van der Waals surface area (Å²) in [6.45, 7) is 2.42. The summed E-state index contributed by atoms with van der Waals surface area (Å²) < 4.78 is 13.8. The second kappa shape index (κ2) is 5.40. The second-order valence-electron chi connectivity index (χ2n) is 4.48. The summed E-state index contributed by atoms with van der Waals surface area (Å²) in [5.74, 6) is 0.0767. The van der Waals surface area contributed by atoms with E-state index in [0.717, 1.165) is 19.3 Å². The Kier molecular flexibility index (Phi) is 3.89. The first-order valence-corrected chi connectivity index (χ1v) is 6.13. The van der Waals surface area contributed by atoms with E-state index in [0.29, 0.717) is 18.7 Å². The molecule has 1 aliphatic carbocycles. The van der Waals surface area contributed by atoms with Gasteiger partial charge in [-0.15, -0.1) is 0 Å². The average molecular weight is 239 g/mol. The van der Waals surface area contributed by atoms with E-state index < -0.39 is 0 Å². The summed E-state index contributed by atoms with van der Waals surface area (Å²) in [4.78, 5) is 7.77. The molecule has 0 amide bonds. The van der Waals surface area contributed by atoms with Gasteiger partial charge in [-0.05, 0) is 19.3 Å². The van der Waals surface area contributed by atoms with Gasteiger partial charge in [0.2, 0.25) is 0 Å². The highest BCUT2D eigenvalue weighted by Gasteiger charge is 2.25. The van der Waals surface area contributed by atoms with Crippen LogP contribution in [0.25, 0.3) is 0 Å². The minimum absolute atomic E-state index is 0.203. The quantitative estimate of drug-likeness (QED) is 0.840. The van der Waals surface area contributed by atoms with E-state index in [1.165, 1.54) is 6.33 Å². The SMILES string of the molecule is CCc1ncnc(NC[C@@H]2CCC[C@H]2O)c1F. The van der Waals surface area contributed by atoms with Crippen molar-refractivity contribution in [3.05, 3.63) is 17.8 Å². The molecule has 0 unspecified atom stereocenters. The van der Waals surface area contributed by atoms with Gasteiger partial charge >= 0.3 is 0 Å². The van der Waals surface area contributed by atoms with Gasteiger partial charge in [0, 0.05) is 12.5 Å². The molecule has 0 aromatic carbocycles. The lowest BCUT2D eigenvalue weighted by atomic mass is 10.1. The first kappa shape index (κ1) is 12.2. The highest BCUT2D eigenvalue weighted by atomic mass is 19.1. The van der Waals surface area contributed by atoms with E-state index in [1.54, 1.807) is 0 Å². The number of aromatic nitrogens is 2. The largest absolute Gasteiger partial charge is 0.393 e. The van der Waals surface area contributed by atoms with Crippen LogP contribution in [0.15, 0.2) is 6.33 Å². The fraction of sp³-hybridized carbons (Fsp3) is 0.667. The van der Waals surface area contributed by atoms with Gasteiger partial charge in [0.05, 0.1) is 11.8 Å². The standard InChI is InChI=1S/C12H18FN3O/c1-2-9-11(13)12(16-7-15-9)14-6-8-4-3-5-10(8)17/h7-8,10,17H,2-6H2,1H3,(H,14,15,16)/t8-,10+/m0/s1. The number of aryl methyl sites for hydroxylation is 1. The second-order valence-corrected chi connectivity index (χ2v) is 4.48. The van der Waals surface area contributed by atoms with Gasteiger partial charge in [0.1, 0.15) is 6.33 Å². The lowest BCUT2D eigenvalue weighted by Gasteiger charge is -2.16. The Morgan fingerprint density at radius 3 is 2.94 bits per heavy atom. The molecule has 0 spiro atoms. The number of aliphatic hydroxyl groups excluding tert-OH is 1. The molecule has 5 heteroatoms. The first-order chi connectivity index (χ1) is 8.22. The number of halogens is 1. The van der Waals surface area contributed by atoms with E-state index in [2.05, 4.69) is 15.3 Å². The van der Waals surface area contributed by atoms with Crippen molar-refractivity contribution < 1.29 is 9.50 Å². The average Bonchev–Trinajstić information content (AvgIpc) is 2.74. The van der Waals surface area contributed by atoms with E-state index in [9.17, 15) is 9.50 Å². The molecule has 1 aliphatic rings. The number of nitrogens with one attached hydrogen (secondary N) is 1. The van der Waals surface area contributed by atoms with Crippen LogP contribution in [0.2, 0.25) is 0 Å².